The van der Waals surface area contributed by atoms with E-state index in [2.05, 4.69) is 42.6 Å². The highest BCUT2D eigenvalue weighted by Crippen LogP contribution is 2.50. The molecule has 1 spiro atoms. The van der Waals surface area contributed by atoms with Gasteiger partial charge in [0.15, 0.2) is 11.4 Å². The van der Waals surface area contributed by atoms with E-state index in [0.717, 1.165) is 32.5 Å². The molecule has 9 atom stereocenters. The number of esters is 2. The highest BCUT2D eigenvalue weighted by molar-refractivity contribution is 6.20. The van der Waals surface area contributed by atoms with Crippen molar-refractivity contribution in [3.63, 3.8) is 0 Å². The maximum absolute atomic E-state index is 15.1. The Bertz CT molecular complexity index is 2690. The number of phenols is 2. The van der Waals surface area contributed by atoms with Gasteiger partial charge in [0.2, 0.25) is 0 Å². The van der Waals surface area contributed by atoms with Crippen molar-refractivity contribution in [1.29, 1.82) is 0 Å². The number of likely N-dealkylation sites (tertiary alicyclic amines) is 2. The number of ketones is 1. The third-order valence-corrected chi connectivity index (χ3v) is 15.6. The minimum absolute atomic E-state index is 0.00853. The first-order valence-electron chi connectivity index (χ1n) is 26.5. The second-order valence-electron chi connectivity index (χ2n) is 22.0. The fourth-order valence-corrected chi connectivity index (χ4v) is 11.4. The van der Waals surface area contributed by atoms with Crippen LogP contribution in [0.4, 0.5) is 5.69 Å². The Morgan fingerprint density at radius 2 is 1.69 bits per heavy atom. The highest BCUT2D eigenvalue weighted by Gasteiger charge is 2.52. The number of aromatic hydroxyl groups is 2. The number of aliphatic hydroxyl groups is 1. The molecule has 6 aliphatic rings. The summed E-state index contributed by atoms with van der Waals surface area (Å²) in [7, 11) is 3.54. The van der Waals surface area contributed by atoms with Gasteiger partial charge < -0.3 is 54.1 Å². The number of aliphatic hydroxyl groups excluding tert-OH is 1. The van der Waals surface area contributed by atoms with E-state index in [0.29, 0.717) is 50.4 Å². The number of carbonyl (C=O) groups is 4. The van der Waals surface area contributed by atoms with E-state index in [1.807, 2.05) is 33.8 Å². The van der Waals surface area contributed by atoms with Gasteiger partial charge in [0.1, 0.15) is 28.6 Å². The molecule has 6 aliphatic heterocycles. The van der Waals surface area contributed by atoms with Gasteiger partial charge >= 0.3 is 17.7 Å². The molecule has 404 valence electrons. The number of hydrogen-bond acceptors (Lipinski definition) is 16. The van der Waals surface area contributed by atoms with E-state index in [1.165, 1.54) is 19.4 Å². The van der Waals surface area contributed by atoms with Crippen molar-refractivity contribution in [2.24, 2.45) is 45.5 Å². The number of fused-ring (bicyclic) bond motifs is 13. The van der Waals surface area contributed by atoms with Crippen molar-refractivity contribution in [2.45, 2.75) is 137 Å². The Balaban J connectivity index is 1.24. The fourth-order valence-electron chi connectivity index (χ4n) is 11.4. The molecule has 0 saturated carbocycles. The van der Waals surface area contributed by atoms with Gasteiger partial charge in [0, 0.05) is 99.3 Å². The molecule has 2 aromatic carbocycles. The standard InChI is InChI=1S/C57H79N5O12/c1-12-57-54(68)45-43-44(50(66)38(9)53(45)74-57)51(67)48(47-46(43)59-56(60-47)22-25-62(26-23-56)29-32(2)3)58-55(69)34(5)17-13-16-33(4)28-35(6)49(65)37(8)52(36(7)40(70-11)21-27-72-57)73-42(64)20-14-19-41(63)71-31-39-18-15-24-61(10)30-39/h12-13,16-17,21,27,32-33,35-37,39-40,49,52,65-67H,1,14-15,18-20,22-26,28-31H2,2-11H3,(H,58,69)/b16-13+,27-21+,34-17-/t33-,35+,36+,37+,39?,40-,49+,52+,57-/m0/s1. The van der Waals surface area contributed by atoms with Crippen LogP contribution in [0.1, 0.15) is 116 Å². The van der Waals surface area contributed by atoms with Gasteiger partial charge in [0.05, 0.1) is 41.4 Å². The smallest absolute Gasteiger partial charge is 0.336 e. The Morgan fingerprint density at radius 3 is 2.36 bits per heavy atom. The van der Waals surface area contributed by atoms with Crippen LogP contribution >= 0.6 is 0 Å². The summed E-state index contributed by atoms with van der Waals surface area (Å²) in [5.41, 5.74) is -0.613. The molecule has 0 aliphatic carbocycles. The normalized spacial score (nSPS) is 30.4. The molecule has 17 heteroatoms. The van der Waals surface area contributed by atoms with Crippen molar-refractivity contribution in [2.75, 3.05) is 58.8 Å². The minimum Gasteiger partial charge on any atom is -0.507 e. The maximum atomic E-state index is 15.1. The molecule has 2 aromatic rings. The number of Topliss-reactive ketones (excluding diaryl/α,β-unsaturated/α-hetero) is 1. The van der Waals surface area contributed by atoms with Crippen LogP contribution in [0.5, 0.6) is 17.2 Å². The fraction of sp³-hybridized carbons (Fsp3) is 0.614. The number of nitrogens with zero attached hydrogens (tertiary/aromatic N) is 4. The zero-order valence-corrected chi connectivity index (χ0v) is 45.1. The quantitative estimate of drug-likeness (QED) is 0.101. The van der Waals surface area contributed by atoms with E-state index >= 15 is 4.79 Å². The largest absolute Gasteiger partial charge is 0.507 e. The third-order valence-electron chi connectivity index (χ3n) is 15.6. The molecule has 0 radical (unpaired) electrons. The zero-order valence-electron chi connectivity index (χ0n) is 45.1. The molecular weight excluding hydrogens is 947 g/mol. The van der Waals surface area contributed by atoms with Crippen molar-refractivity contribution in [1.82, 2.24) is 9.80 Å². The van der Waals surface area contributed by atoms with Crippen LogP contribution in [-0.4, -0.2) is 132 Å². The Morgan fingerprint density at radius 1 is 0.986 bits per heavy atom. The average Bonchev–Trinajstić information content (AvgIpc) is 3.88. The molecule has 17 nitrogen and oxygen atoms in total. The van der Waals surface area contributed by atoms with Crippen molar-refractivity contribution in [3.8, 4) is 17.2 Å². The van der Waals surface area contributed by atoms with Crippen molar-refractivity contribution < 1.29 is 58.2 Å². The SMILES string of the molecule is C=C[C@@]12O/C=C/[C@H](OC)[C@@H](C)[C@@H](OC(=O)CCCC(=O)OCC3CCCN(C)C3)[C@H](C)[C@H](O)[C@H](C)C[C@@H](C)/C=C/C=C(/C)C(=O)Nc3c(O)c4c(O)c(C)c(c(c4c4c3=NC3(CCN(CC(C)C)CC3)N=4)C1=O)O2. The first kappa shape index (κ1) is 56.1. The van der Waals surface area contributed by atoms with Gasteiger partial charge in [0.25, 0.3) is 11.7 Å². The van der Waals surface area contributed by atoms with Crippen molar-refractivity contribution in [3.05, 3.63) is 70.6 Å². The van der Waals surface area contributed by atoms with Crippen LogP contribution < -0.4 is 20.8 Å². The number of phenolic OH excluding ortho intramolecular Hbond substituents is 2. The molecule has 0 aromatic heterocycles. The van der Waals surface area contributed by atoms with Gasteiger partial charge in [-0.05, 0) is 77.0 Å². The lowest BCUT2D eigenvalue weighted by Crippen LogP contribution is -2.44. The third kappa shape index (κ3) is 11.9. The molecule has 1 amide bonds. The number of carbonyl (C=O) groups excluding carboxylic acids is 4. The summed E-state index contributed by atoms with van der Waals surface area (Å²) in [5.74, 6) is -6.03. The zero-order chi connectivity index (χ0) is 53.8. The van der Waals surface area contributed by atoms with E-state index in [-0.39, 0.29) is 87.0 Å². The average molecular weight is 1030 g/mol. The Hall–Kier alpha value is -5.62. The Kier molecular flexibility index (Phi) is 17.8. The molecule has 2 fully saturated rings. The molecule has 6 heterocycles. The van der Waals surface area contributed by atoms with E-state index in [1.54, 1.807) is 32.1 Å². The number of amides is 1. The van der Waals surface area contributed by atoms with E-state index in [9.17, 15) is 29.7 Å². The highest BCUT2D eigenvalue weighted by atomic mass is 16.7. The summed E-state index contributed by atoms with van der Waals surface area (Å²) in [5, 5.41) is 39.5. The summed E-state index contributed by atoms with van der Waals surface area (Å²) in [4.78, 5) is 70.5. The lowest BCUT2D eigenvalue weighted by atomic mass is 9.79. The molecule has 2 saturated heterocycles. The summed E-state index contributed by atoms with van der Waals surface area (Å²) in [6, 6.07) is 0. The predicted octanol–water partition coefficient (Wildman–Crippen LogP) is 6.98. The predicted molar refractivity (Wildman–Crippen MR) is 280 cm³/mol. The molecule has 8 rings (SSSR count). The summed E-state index contributed by atoms with van der Waals surface area (Å²) >= 11 is 0. The van der Waals surface area contributed by atoms with E-state index in [4.69, 9.17) is 33.7 Å². The number of hydrogen-bond donors (Lipinski definition) is 4. The number of methoxy groups -OCH3 is 1. The number of piperidine rings is 2. The number of allylic oxidation sites excluding steroid dienone is 3. The molecular formula is C57H79N5O12. The Labute approximate surface area is 435 Å². The van der Waals surface area contributed by atoms with Crippen LogP contribution in [0, 0.1) is 42.4 Å². The number of anilines is 1. The van der Waals surface area contributed by atoms with Gasteiger partial charge in [-0.2, -0.15) is 0 Å². The van der Waals surface area contributed by atoms with Gasteiger partial charge in [-0.1, -0.05) is 66.3 Å². The topological polar surface area (TPSA) is 218 Å². The van der Waals surface area contributed by atoms with Crippen LogP contribution in [0.3, 0.4) is 0 Å². The molecule has 5 bridgehead atoms. The van der Waals surface area contributed by atoms with Crippen LogP contribution in [0.15, 0.2) is 58.8 Å². The summed E-state index contributed by atoms with van der Waals surface area (Å²) in [6.45, 7) is 23.6. The molecule has 74 heavy (non-hydrogen) atoms. The monoisotopic (exact) mass is 1030 g/mol. The summed E-state index contributed by atoms with van der Waals surface area (Å²) in [6.07, 6.45) is 10.6. The first-order chi connectivity index (χ1) is 35.1. The van der Waals surface area contributed by atoms with Crippen LogP contribution in [-0.2, 0) is 33.3 Å². The number of ether oxygens (including phenoxy) is 5. The lowest BCUT2D eigenvalue weighted by Gasteiger charge is -2.37. The maximum Gasteiger partial charge on any atom is 0.336 e. The number of benzene rings is 2. The second-order valence-corrected chi connectivity index (χ2v) is 22.0. The van der Waals surface area contributed by atoms with Gasteiger partial charge in [-0.25, -0.2) is 0 Å². The minimum atomic E-state index is -2.17. The number of rotatable bonds is 11. The molecule has 4 N–H and O–H groups in total. The first-order valence-corrected chi connectivity index (χ1v) is 26.5. The van der Waals surface area contributed by atoms with Gasteiger partial charge in [-0.3, -0.25) is 29.2 Å². The lowest BCUT2D eigenvalue weighted by molar-refractivity contribution is -0.162. The van der Waals surface area contributed by atoms with Crippen LogP contribution in [0.25, 0.3) is 10.8 Å². The van der Waals surface area contributed by atoms with E-state index < -0.39 is 70.8 Å². The second kappa shape index (κ2) is 23.5. The number of nitrogens with one attached hydrogen (secondary N) is 1. The van der Waals surface area contributed by atoms with Crippen molar-refractivity contribution >= 4 is 40.1 Å². The van der Waals surface area contributed by atoms with Gasteiger partial charge in [-0.15, -0.1) is 0 Å². The van der Waals surface area contributed by atoms with Crippen LogP contribution in [0.2, 0.25) is 0 Å². The molecule has 1 unspecified atom stereocenters. The summed E-state index contributed by atoms with van der Waals surface area (Å²) < 4.78 is 30.4.